The van der Waals surface area contributed by atoms with Crippen molar-refractivity contribution in [1.29, 1.82) is 0 Å². The highest BCUT2D eigenvalue weighted by molar-refractivity contribution is 5.77. The molecule has 1 N–H and O–H groups in total. The number of ether oxygens (including phenoxy) is 1. The normalized spacial score (nSPS) is 29.4. The molecule has 2 aliphatic rings. The van der Waals surface area contributed by atoms with Gasteiger partial charge >= 0.3 is 6.18 Å². The average Bonchev–Trinajstić information content (AvgIpc) is 2.96. The molecule has 138 valence electrons. The molecule has 25 heavy (non-hydrogen) atoms. The molecule has 1 amide bonds. The molecule has 1 saturated heterocycles. The van der Waals surface area contributed by atoms with Crippen LogP contribution in [0.5, 0.6) is 0 Å². The zero-order chi connectivity index (χ0) is 18.0. The highest BCUT2D eigenvalue weighted by atomic mass is 19.4. The molecule has 0 unspecified atom stereocenters. The van der Waals surface area contributed by atoms with E-state index in [1.54, 1.807) is 13.3 Å². The minimum atomic E-state index is -4.46. The van der Waals surface area contributed by atoms with E-state index in [9.17, 15) is 18.0 Å². The van der Waals surface area contributed by atoms with Crippen LogP contribution >= 0.6 is 0 Å². The van der Waals surface area contributed by atoms with Crippen molar-refractivity contribution < 1.29 is 22.7 Å². The molecule has 8 heteroatoms. The van der Waals surface area contributed by atoms with Crippen LogP contribution < -0.4 is 5.32 Å². The number of alkyl halides is 3. The number of hydrogen-bond donors (Lipinski definition) is 1. The van der Waals surface area contributed by atoms with E-state index in [-0.39, 0.29) is 24.0 Å². The molecule has 0 radical (unpaired) electrons. The van der Waals surface area contributed by atoms with Crippen molar-refractivity contribution in [2.24, 2.45) is 11.8 Å². The number of hydrogen-bond acceptors (Lipinski definition) is 4. The molecule has 1 aliphatic carbocycles. The van der Waals surface area contributed by atoms with Crippen LogP contribution in [0.4, 0.5) is 19.0 Å². The van der Waals surface area contributed by atoms with Crippen LogP contribution in [0.15, 0.2) is 24.4 Å². The first-order valence-corrected chi connectivity index (χ1v) is 8.40. The number of aromatic nitrogens is 1. The molecule has 2 fully saturated rings. The number of amides is 1. The fourth-order valence-corrected chi connectivity index (χ4v) is 3.95. The number of anilines is 1. The lowest BCUT2D eigenvalue weighted by Gasteiger charge is -2.37. The van der Waals surface area contributed by atoms with Crippen LogP contribution in [0.1, 0.15) is 19.3 Å². The Morgan fingerprint density at radius 3 is 2.64 bits per heavy atom. The van der Waals surface area contributed by atoms with E-state index >= 15 is 0 Å². The summed E-state index contributed by atoms with van der Waals surface area (Å²) in [7, 11) is 1.64. The predicted molar refractivity (Wildman–Crippen MR) is 85.9 cm³/mol. The van der Waals surface area contributed by atoms with Gasteiger partial charge in [0.15, 0.2) is 0 Å². The highest BCUT2D eigenvalue weighted by Crippen LogP contribution is 2.39. The van der Waals surface area contributed by atoms with Crippen LogP contribution in [-0.2, 0) is 9.53 Å². The summed E-state index contributed by atoms with van der Waals surface area (Å²) in [6.07, 6.45) is -2.72. The quantitative estimate of drug-likeness (QED) is 0.900. The molecule has 5 nitrogen and oxygen atoms in total. The van der Waals surface area contributed by atoms with Crippen LogP contribution in [0.2, 0.25) is 0 Å². The fraction of sp³-hybridized carbons (Fsp3) is 0.647. The Kier molecular flexibility index (Phi) is 5.17. The summed E-state index contributed by atoms with van der Waals surface area (Å²) in [6.45, 7) is 0.770. The Balaban J connectivity index is 1.64. The van der Waals surface area contributed by atoms with Gasteiger partial charge in [0.2, 0.25) is 5.91 Å². The summed E-state index contributed by atoms with van der Waals surface area (Å²) in [5, 5.41) is 3.36. The number of rotatable bonds is 4. The predicted octanol–water partition coefficient (Wildman–Crippen LogP) is 2.70. The fourth-order valence-electron chi connectivity index (χ4n) is 3.95. The Bertz CT molecular complexity index is 597. The lowest BCUT2D eigenvalue weighted by molar-refractivity contribution is -0.160. The molecule has 0 bridgehead atoms. The van der Waals surface area contributed by atoms with Crippen molar-refractivity contribution in [3.05, 3.63) is 24.4 Å². The monoisotopic (exact) mass is 357 g/mol. The number of carbonyl (C=O) groups is 1. The Morgan fingerprint density at radius 1 is 1.32 bits per heavy atom. The van der Waals surface area contributed by atoms with Crippen molar-refractivity contribution in [3.63, 3.8) is 0 Å². The van der Waals surface area contributed by atoms with Crippen LogP contribution in [-0.4, -0.2) is 54.3 Å². The summed E-state index contributed by atoms with van der Waals surface area (Å²) in [5.41, 5.74) is 0. The molecule has 4 atom stereocenters. The van der Waals surface area contributed by atoms with Gasteiger partial charge in [0.05, 0.1) is 12.1 Å². The second kappa shape index (κ2) is 7.19. The van der Waals surface area contributed by atoms with E-state index in [4.69, 9.17) is 4.74 Å². The standard InChI is InChI=1S/C17H22F3N3O2/c1-25-14-7-12-10-23(16(24)8-17(18,19)20)9-11(12)6-13(14)22-15-4-2-3-5-21-15/h2-5,11-14H,6-10H2,1H3,(H,21,22)/t11-,12+,13-,14-/m1/s1. The number of methoxy groups -OCH3 is 1. The Morgan fingerprint density at radius 2 is 2.04 bits per heavy atom. The number of likely N-dealkylation sites (tertiary alicyclic amines) is 1. The van der Waals surface area contributed by atoms with Crippen LogP contribution in [0, 0.1) is 11.8 Å². The maximum Gasteiger partial charge on any atom is 0.397 e. The summed E-state index contributed by atoms with van der Waals surface area (Å²) in [5.74, 6) is 0.287. The second-order valence-corrected chi connectivity index (χ2v) is 6.82. The third-order valence-corrected chi connectivity index (χ3v) is 5.12. The van der Waals surface area contributed by atoms with E-state index < -0.39 is 18.5 Å². The van der Waals surface area contributed by atoms with E-state index in [0.29, 0.717) is 13.1 Å². The van der Waals surface area contributed by atoms with Crippen molar-refractivity contribution in [2.75, 3.05) is 25.5 Å². The molecule has 0 spiro atoms. The van der Waals surface area contributed by atoms with Gasteiger partial charge in [-0.05, 0) is 36.8 Å². The van der Waals surface area contributed by atoms with Crippen molar-refractivity contribution in [3.8, 4) is 0 Å². The summed E-state index contributed by atoms with van der Waals surface area (Å²) < 4.78 is 43.0. The first-order valence-electron chi connectivity index (χ1n) is 8.40. The SMILES string of the molecule is CO[C@@H]1C[C@H]2CN(C(=O)CC(F)(F)F)C[C@H]2C[C@H]1Nc1ccccn1. The van der Waals surface area contributed by atoms with E-state index in [2.05, 4.69) is 10.3 Å². The van der Waals surface area contributed by atoms with Gasteiger partial charge in [-0.2, -0.15) is 13.2 Å². The molecule has 1 aromatic heterocycles. The van der Waals surface area contributed by atoms with E-state index in [1.807, 2.05) is 18.2 Å². The van der Waals surface area contributed by atoms with Gasteiger partial charge in [-0.1, -0.05) is 6.07 Å². The zero-order valence-corrected chi connectivity index (χ0v) is 14.0. The second-order valence-electron chi connectivity index (χ2n) is 6.82. The number of nitrogens with one attached hydrogen (secondary N) is 1. The molecule has 0 aromatic carbocycles. The minimum Gasteiger partial charge on any atom is -0.379 e. The lowest BCUT2D eigenvalue weighted by atomic mass is 9.77. The largest absolute Gasteiger partial charge is 0.397 e. The van der Waals surface area contributed by atoms with Crippen molar-refractivity contribution >= 4 is 11.7 Å². The topological polar surface area (TPSA) is 54.5 Å². The van der Waals surface area contributed by atoms with E-state index in [0.717, 1.165) is 18.7 Å². The first kappa shape index (κ1) is 18.0. The number of pyridine rings is 1. The van der Waals surface area contributed by atoms with Crippen molar-refractivity contribution in [2.45, 2.75) is 37.6 Å². The number of carbonyl (C=O) groups excluding carboxylic acids is 1. The molecule has 2 heterocycles. The van der Waals surface area contributed by atoms with Gasteiger partial charge < -0.3 is 15.0 Å². The first-order chi connectivity index (χ1) is 11.9. The van der Waals surface area contributed by atoms with Gasteiger partial charge in [0.1, 0.15) is 12.2 Å². The molecule has 1 saturated carbocycles. The smallest absolute Gasteiger partial charge is 0.379 e. The van der Waals surface area contributed by atoms with Gasteiger partial charge in [-0.25, -0.2) is 4.98 Å². The highest BCUT2D eigenvalue weighted by Gasteiger charge is 2.45. The molecule has 1 aromatic rings. The van der Waals surface area contributed by atoms with E-state index in [1.165, 1.54) is 4.90 Å². The third-order valence-electron chi connectivity index (χ3n) is 5.12. The summed E-state index contributed by atoms with van der Waals surface area (Å²) >= 11 is 0. The maximum absolute atomic E-state index is 12.5. The van der Waals surface area contributed by atoms with Crippen LogP contribution in [0.3, 0.4) is 0 Å². The van der Waals surface area contributed by atoms with Gasteiger partial charge in [0.25, 0.3) is 0 Å². The number of fused-ring (bicyclic) bond motifs is 1. The molecular weight excluding hydrogens is 335 g/mol. The lowest BCUT2D eigenvalue weighted by Crippen LogP contribution is -2.44. The third kappa shape index (κ3) is 4.42. The summed E-state index contributed by atoms with van der Waals surface area (Å²) in [6, 6.07) is 5.61. The van der Waals surface area contributed by atoms with Gasteiger partial charge in [-0.3, -0.25) is 4.79 Å². The van der Waals surface area contributed by atoms with Crippen LogP contribution in [0.25, 0.3) is 0 Å². The van der Waals surface area contributed by atoms with Crippen molar-refractivity contribution in [1.82, 2.24) is 9.88 Å². The molecule has 1 aliphatic heterocycles. The summed E-state index contributed by atoms with van der Waals surface area (Å²) in [4.78, 5) is 17.5. The number of nitrogens with zero attached hydrogens (tertiary/aromatic N) is 2. The Labute approximate surface area is 144 Å². The van der Waals surface area contributed by atoms with Gasteiger partial charge in [-0.15, -0.1) is 0 Å². The minimum absolute atomic E-state index is 0.0267. The Hall–Kier alpha value is -1.83. The average molecular weight is 357 g/mol. The zero-order valence-electron chi connectivity index (χ0n) is 14.0. The maximum atomic E-state index is 12.5. The molecule has 3 rings (SSSR count). The molecular formula is C17H22F3N3O2. The number of halogens is 3. The van der Waals surface area contributed by atoms with Gasteiger partial charge in [0, 0.05) is 26.4 Å².